The van der Waals surface area contributed by atoms with Gasteiger partial charge in [-0.25, -0.2) is 0 Å². The summed E-state index contributed by atoms with van der Waals surface area (Å²) < 4.78 is 5.64. The van der Waals surface area contributed by atoms with Gasteiger partial charge in [-0.15, -0.1) is 0 Å². The summed E-state index contributed by atoms with van der Waals surface area (Å²) in [5.74, 6) is 0. The van der Waals surface area contributed by atoms with Gasteiger partial charge in [0.1, 0.15) is 0 Å². The van der Waals surface area contributed by atoms with E-state index in [1.807, 2.05) is 0 Å². The van der Waals surface area contributed by atoms with E-state index in [4.69, 9.17) is 10.5 Å². The van der Waals surface area contributed by atoms with Crippen molar-refractivity contribution in [2.75, 3.05) is 59.0 Å². The molecule has 1 aliphatic rings. The summed E-state index contributed by atoms with van der Waals surface area (Å²) in [5.41, 5.74) is 5.56. The molecule has 0 spiro atoms. The molecule has 0 aromatic heterocycles. The molecule has 1 heterocycles. The molecule has 0 aromatic rings. The quantitative estimate of drug-likeness (QED) is 0.629. The first-order valence-electron chi connectivity index (χ1n) is 7.59. The lowest BCUT2D eigenvalue weighted by molar-refractivity contribution is 0.102. The molecule has 1 fully saturated rings. The highest BCUT2D eigenvalue weighted by Crippen LogP contribution is 2.03. The molecule has 2 N–H and O–H groups in total. The second-order valence-corrected chi connectivity index (χ2v) is 5.14. The molecule has 0 radical (unpaired) electrons. The molecular formula is C14H31N3O. The normalized spacial score (nSPS) is 19.0. The molecule has 1 saturated heterocycles. The third-order valence-corrected chi connectivity index (χ3v) is 3.55. The summed E-state index contributed by atoms with van der Waals surface area (Å²) in [6.45, 7) is 11.9. The van der Waals surface area contributed by atoms with E-state index < -0.39 is 0 Å². The van der Waals surface area contributed by atoms with Gasteiger partial charge in [0.05, 0.1) is 6.61 Å². The first kappa shape index (κ1) is 15.9. The largest absolute Gasteiger partial charge is 0.380 e. The highest BCUT2D eigenvalue weighted by molar-refractivity contribution is 4.69. The van der Waals surface area contributed by atoms with E-state index in [2.05, 4.69) is 16.7 Å². The molecule has 1 aliphatic heterocycles. The van der Waals surface area contributed by atoms with Gasteiger partial charge in [0.2, 0.25) is 0 Å². The van der Waals surface area contributed by atoms with Gasteiger partial charge in [0.25, 0.3) is 0 Å². The van der Waals surface area contributed by atoms with Crippen molar-refractivity contribution in [3.63, 3.8) is 0 Å². The Bertz CT molecular complexity index is 190. The Hall–Kier alpha value is -0.160. The smallest absolute Gasteiger partial charge is 0.0593 e. The van der Waals surface area contributed by atoms with Crippen molar-refractivity contribution in [2.45, 2.75) is 32.6 Å². The Morgan fingerprint density at radius 2 is 1.67 bits per heavy atom. The van der Waals surface area contributed by atoms with Crippen LogP contribution in [-0.4, -0.2) is 68.8 Å². The van der Waals surface area contributed by atoms with Gasteiger partial charge >= 0.3 is 0 Å². The summed E-state index contributed by atoms with van der Waals surface area (Å²) >= 11 is 0. The second-order valence-electron chi connectivity index (χ2n) is 5.14. The SMILES string of the molecule is CCCCOCCN1CCCN(CCCN)CC1. The molecule has 0 bridgehead atoms. The van der Waals surface area contributed by atoms with E-state index in [9.17, 15) is 0 Å². The summed E-state index contributed by atoms with van der Waals surface area (Å²) in [6.07, 6.45) is 4.81. The summed E-state index contributed by atoms with van der Waals surface area (Å²) in [4.78, 5) is 5.08. The van der Waals surface area contributed by atoms with Crippen LogP contribution in [0.25, 0.3) is 0 Å². The minimum atomic E-state index is 0.811. The second kappa shape index (κ2) is 10.7. The Labute approximate surface area is 112 Å². The minimum absolute atomic E-state index is 0.811. The predicted molar refractivity (Wildman–Crippen MR) is 76.9 cm³/mol. The lowest BCUT2D eigenvalue weighted by Gasteiger charge is -2.21. The minimum Gasteiger partial charge on any atom is -0.380 e. The summed E-state index contributed by atoms with van der Waals surface area (Å²) in [6, 6.07) is 0. The fraction of sp³-hybridized carbons (Fsp3) is 1.00. The first-order chi connectivity index (χ1) is 8.86. The van der Waals surface area contributed by atoms with Crippen molar-refractivity contribution >= 4 is 0 Å². The average molecular weight is 257 g/mol. The molecule has 0 saturated carbocycles. The zero-order chi connectivity index (χ0) is 13.1. The number of hydrogen-bond donors (Lipinski definition) is 1. The van der Waals surface area contributed by atoms with Crippen LogP contribution in [0.3, 0.4) is 0 Å². The molecule has 0 unspecified atom stereocenters. The van der Waals surface area contributed by atoms with Gasteiger partial charge in [0, 0.05) is 26.2 Å². The number of nitrogens with zero attached hydrogens (tertiary/aromatic N) is 2. The molecule has 0 aliphatic carbocycles. The zero-order valence-corrected chi connectivity index (χ0v) is 12.1. The highest BCUT2D eigenvalue weighted by atomic mass is 16.5. The molecule has 18 heavy (non-hydrogen) atoms. The van der Waals surface area contributed by atoms with Crippen molar-refractivity contribution in [3.05, 3.63) is 0 Å². The molecule has 1 rings (SSSR count). The molecule has 0 amide bonds. The zero-order valence-electron chi connectivity index (χ0n) is 12.1. The van der Waals surface area contributed by atoms with Crippen molar-refractivity contribution in [1.82, 2.24) is 9.80 Å². The molecule has 0 atom stereocenters. The van der Waals surface area contributed by atoms with E-state index in [0.717, 1.165) is 39.3 Å². The van der Waals surface area contributed by atoms with Crippen molar-refractivity contribution < 1.29 is 4.74 Å². The standard InChI is InChI=1S/C14H31N3O/c1-2-3-13-18-14-12-17-9-5-8-16(10-11-17)7-4-6-15/h2-15H2,1H3. The maximum absolute atomic E-state index is 5.64. The van der Waals surface area contributed by atoms with Crippen molar-refractivity contribution in [3.8, 4) is 0 Å². The van der Waals surface area contributed by atoms with Crippen LogP contribution in [0, 0.1) is 0 Å². The molecule has 108 valence electrons. The van der Waals surface area contributed by atoms with E-state index in [0.29, 0.717) is 0 Å². The molecular weight excluding hydrogens is 226 g/mol. The number of ether oxygens (including phenoxy) is 1. The lowest BCUT2D eigenvalue weighted by Crippen LogP contribution is -2.33. The van der Waals surface area contributed by atoms with Crippen LogP contribution < -0.4 is 5.73 Å². The highest BCUT2D eigenvalue weighted by Gasteiger charge is 2.13. The topological polar surface area (TPSA) is 41.7 Å². The van der Waals surface area contributed by atoms with Crippen LogP contribution in [0.15, 0.2) is 0 Å². The third-order valence-electron chi connectivity index (χ3n) is 3.55. The Kier molecular flexibility index (Phi) is 9.48. The number of rotatable bonds is 9. The fourth-order valence-electron chi connectivity index (χ4n) is 2.33. The van der Waals surface area contributed by atoms with Gasteiger partial charge in [-0.05, 0) is 45.4 Å². The van der Waals surface area contributed by atoms with Gasteiger partial charge in [-0.2, -0.15) is 0 Å². The number of hydrogen-bond acceptors (Lipinski definition) is 4. The third kappa shape index (κ3) is 7.31. The predicted octanol–water partition coefficient (Wildman–Crippen LogP) is 1.16. The summed E-state index contributed by atoms with van der Waals surface area (Å²) in [5, 5.41) is 0. The van der Waals surface area contributed by atoms with Crippen LogP contribution in [0.2, 0.25) is 0 Å². The van der Waals surface area contributed by atoms with Gasteiger partial charge < -0.3 is 15.4 Å². The summed E-state index contributed by atoms with van der Waals surface area (Å²) in [7, 11) is 0. The van der Waals surface area contributed by atoms with Gasteiger partial charge in [-0.1, -0.05) is 13.3 Å². The Morgan fingerprint density at radius 1 is 0.944 bits per heavy atom. The maximum atomic E-state index is 5.64. The Morgan fingerprint density at radius 3 is 2.33 bits per heavy atom. The number of unbranched alkanes of at least 4 members (excludes halogenated alkanes) is 1. The maximum Gasteiger partial charge on any atom is 0.0593 e. The van der Waals surface area contributed by atoms with Gasteiger partial charge in [0.15, 0.2) is 0 Å². The van der Waals surface area contributed by atoms with Crippen molar-refractivity contribution in [2.24, 2.45) is 5.73 Å². The lowest BCUT2D eigenvalue weighted by atomic mass is 10.3. The van der Waals surface area contributed by atoms with Crippen LogP contribution >= 0.6 is 0 Å². The van der Waals surface area contributed by atoms with Crippen LogP contribution in [0.1, 0.15) is 32.6 Å². The van der Waals surface area contributed by atoms with Crippen LogP contribution in [0.4, 0.5) is 0 Å². The van der Waals surface area contributed by atoms with Gasteiger partial charge in [-0.3, -0.25) is 4.90 Å². The fourth-order valence-corrected chi connectivity index (χ4v) is 2.33. The average Bonchev–Trinajstić information content (AvgIpc) is 2.61. The van der Waals surface area contributed by atoms with E-state index >= 15 is 0 Å². The monoisotopic (exact) mass is 257 g/mol. The molecule has 0 aromatic carbocycles. The van der Waals surface area contributed by atoms with E-state index in [-0.39, 0.29) is 0 Å². The van der Waals surface area contributed by atoms with Crippen molar-refractivity contribution in [1.29, 1.82) is 0 Å². The first-order valence-corrected chi connectivity index (χ1v) is 7.59. The van der Waals surface area contributed by atoms with E-state index in [1.54, 1.807) is 0 Å². The molecule has 4 heteroatoms. The number of nitrogens with two attached hydrogens (primary N) is 1. The Balaban J connectivity index is 2.05. The van der Waals surface area contributed by atoms with Crippen LogP contribution in [-0.2, 0) is 4.74 Å². The molecule has 4 nitrogen and oxygen atoms in total. The van der Waals surface area contributed by atoms with Crippen LogP contribution in [0.5, 0.6) is 0 Å². The van der Waals surface area contributed by atoms with E-state index in [1.165, 1.54) is 45.4 Å².